The van der Waals surface area contributed by atoms with Crippen molar-refractivity contribution < 1.29 is 14.3 Å². The summed E-state index contributed by atoms with van der Waals surface area (Å²) in [7, 11) is 1.56. The van der Waals surface area contributed by atoms with E-state index in [1.165, 1.54) is 6.20 Å². The number of esters is 1. The number of rotatable bonds is 5. The second-order valence-corrected chi connectivity index (χ2v) is 4.19. The topological polar surface area (TPSA) is 100 Å². The van der Waals surface area contributed by atoms with Crippen LogP contribution >= 0.6 is 0 Å². The van der Waals surface area contributed by atoms with Gasteiger partial charge in [-0.15, -0.1) is 0 Å². The van der Waals surface area contributed by atoms with Crippen molar-refractivity contribution in [3.8, 4) is 5.88 Å². The Hall–Kier alpha value is -2.70. The van der Waals surface area contributed by atoms with E-state index in [1.54, 1.807) is 26.3 Å². The van der Waals surface area contributed by atoms with Gasteiger partial charge in [-0.1, -0.05) is 6.07 Å². The number of pyridine rings is 1. The molecule has 7 heteroatoms. The average molecular weight is 288 g/mol. The Labute approximate surface area is 122 Å². The van der Waals surface area contributed by atoms with Gasteiger partial charge in [-0.25, -0.2) is 19.7 Å². The third-order valence-electron chi connectivity index (χ3n) is 2.73. The van der Waals surface area contributed by atoms with Crippen LogP contribution in [-0.4, -0.2) is 34.6 Å². The fourth-order valence-corrected chi connectivity index (χ4v) is 1.70. The zero-order valence-corrected chi connectivity index (χ0v) is 11.9. The van der Waals surface area contributed by atoms with Crippen LogP contribution in [0, 0.1) is 0 Å². The summed E-state index contributed by atoms with van der Waals surface area (Å²) >= 11 is 0. The second kappa shape index (κ2) is 6.65. The number of aromatic nitrogens is 3. The minimum atomic E-state index is -0.521. The lowest BCUT2D eigenvalue weighted by molar-refractivity contribution is 0.0526. The normalized spacial score (nSPS) is 10.2. The van der Waals surface area contributed by atoms with Gasteiger partial charge in [-0.05, 0) is 12.5 Å². The molecule has 0 unspecified atom stereocenters. The SMILES string of the molecule is CCOC(=O)c1cnc(Cc2ccc(OC)nc2)nc1N. The number of nitrogens with two attached hydrogens (primary N) is 1. The summed E-state index contributed by atoms with van der Waals surface area (Å²) in [5.41, 5.74) is 6.85. The molecule has 0 spiro atoms. The lowest BCUT2D eigenvalue weighted by Crippen LogP contribution is -2.12. The molecule has 0 saturated carbocycles. The van der Waals surface area contributed by atoms with Crippen LogP contribution in [0.25, 0.3) is 0 Å². The summed E-state index contributed by atoms with van der Waals surface area (Å²) < 4.78 is 9.86. The zero-order valence-electron chi connectivity index (χ0n) is 11.9. The Morgan fingerprint density at radius 2 is 2.10 bits per heavy atom. The molecule has 0 atom stereocenters. The molecular formula is C14H16N4O3. The van der Waals surface area contributed by atoms with Gasteiger partial charge < -0.3 is 15.2 Å². The fraction of sp³-hybridized carbons (Fsp3) is 0.286. The first-order valence-corrected chi connectivity index (χ1v) is 6.41. The Bertz CT molecular complexity index is 629. The average Bonchev–Trinajstić information content (AvgIpc) is 2.48. The molecule has 2 N–H and O–H groups in total. The van der Waals surface area contributed by atoms with Crippen molar-refractivity contribution in [2.24, 2.45) is 0 Å². The van der Waals surface area contributed by atoms with Crippen LogP contribution in [0.4, 0.5) is 5.82 Å². The monoisotopic (exact) mass is 288 g/mol. The fourth-order valence-electron chi connectivity index (χ4n) is 1.70. The second-order valence-electron chi connectivity index (χ2n) is 4.19. The minimum Gasteiger partial charge on any atom is -0.481 e. The van der Waals surface area contributed by atoms with E-state index < -0.39 is 5.97 Å². The van der Waals surface area contributed by atoms with E-state index in [-0.39, 0.29) is 18.0 Å². The van der Waals surface area contributed by atoms with Crippen molar-refractivity contribution in [3.05, 3.63) is 41.5 Å². The standard InChI is InChI=1S/C14H16N4O3/c1-3-21-14(19)10-8-16-11(18-13(10)15)6-9-4-5-12(20-2)17-7-9/h4-5,7-8H,3,6H2,1-2H3,(H2,15,16,18). The maximum atomic E-state index is 11.6. The molecule has 21 heavy (non-hydrogen) atoms. The molecular weight excluding hydrogens is 272 g/mol. The smallest absolute Gasteiger partial charge is 0.343 e. The van der Waals surface area contributed by atoms with Crippen molar-refractivity contribution in [1.29, 1.82) is 0 Å². The van der Waals surface area contributed by atoms with Gasteiger partial charge in [0.15, 0.2) is 0 Å². The first kappa shape index (κ1) is 14.7. The van der Waals surface area contributed by atoms with Gasteiger partial charge in [0, 0.05) is 24.9 Å². The summed E-state index contributed by atoms with van der Waals surface area (Å²) in [4.78, 5) is 24.0. The molecule has 2 aromatic heterocycles. The van der Waals surface area contributed by atoms with E-state index in [1.807, 2.05) is 6.07 Å². The summed E-state index contributed by atoms with van der Waals surface area (Å²) in [6.45, 7) is 2.00. The molecule has 110 valence electrons. The Morgan fingerprint density at radius 3 is 2.67 bits per heavy atom. The molecule has 2 aromatic rings. The van der Waals surface area contributed by atoms with Crippen LogP contribution < -0.4 is 10.5 Å². The van der Waals surface area contributed by atoms with Crippen molar-refractivity contribution in [3.63, 3.8) is 0 Å². The van der Waals surface area contributed by atoms with E-state index in [9.17, 15) is 4.79 Å². The number of carbonyl (C=O) groups is 1. The maximum Gasteiger partial charge on any atom is 0.343 e. The summed E-state index contributed by atoms with van der Waals surface area (Å²) in [6.07, 6.45) is 3.52. The van der Waals surface area contributed by atoms with Crippen LogP contribution in [0.2, 0.25) is 0 Å². The molecule has 0 aliphatic rings. The number of anilines is 1. The lowest BCUT2D eigenvalue weighted by atomic mass is 10.2. The molecule has 7 nitrogen and oxygen atoms in total. The number of nitrogen functional groups attached to an aromatic ring is 1. The first-order chi connectivity index (χ1) is 10.1. The Kier molecular flexibility index (Phi) is 4.65. The quantitative estimate of drug-likeness (QED) is 0.826. The van der Waals surface area contributed by atoms with Crippen molar-refractivity contribution in [1.82, 2.24) is 15.0 Å². The van der Waals surface area contributed by atoms with Crippen LogP contribution in [0.5, 0.6) is 5.88 Å². The number of hydrogen-bond acceptors (Lipinski definition) is 7. The third kappa shape index (κ3) is 3.65. The Balaban J connectivity index is 2.14. The van der Waals surface area contributed by atoms with Gasteiger partial charge in [0.1, 0.15) is 17.2 Å². The largest absolute Gasteiger partial charge is 0.481 e. The molecule has 0 aliphatic carbocycles. The zero-order chi connectivity index (χ0) is 15.2. The van der Waals surface area contributed by atoms with E-state index in [4.69, 9.17) is 15.2 Å². The molecule has 0 fully saturated rings. The number of ether oxygens (including phenoxy) is 2. The van der Waals surface area contributed by atoms with Crippen molar-refractivity contribution >= 4 is 11.8 Å². The van der Waals surface area contributed by atoms with Gasteiger partial charge in [0.05, 0.1) is 13.7 Å². The number of hydrogen-bond donors (Lipinski definition) is 1. The first-order valence-electron chi connectivity index (χ1n) is 6.41. The van der Waals surface area contributed by atoms with Gasteiger partial charge in [-0.3, -0.25) is 0 Å². The summed E-state index contributed by atoms with van der Waals surface area (Å²) in [5, 5.41) is 0. The molecule has 0 amide bonds. The Morgan fingerprint density at radius 1 is 1.29 bits per heavy atom. The van der Waals surface area contributed by atoms with Gasteiger partial charge >= 0.3 is 5.97 Å². The maximum absolute atomic E-state index is 11.6. The summed E-state index contributed by atoms with van der Waals surface area (Å²) in [5.74, 6) is 0.636. The molecule has 2 rings (SSSR count). The van der Waals surface area contributed by atoms with Gasteiger partial charge in [-0.2, -0.15) is 0 Å². The highest BCUT2D eigenvalue weighted by molar-refractivity contribution is 5.93. The highest BCUT2D eigenvalue weighted by atomic mass is 16.5. The molecule has 2 heterocycles. The molecule has 0 aromatic carbocycles. The molecule has 0 radical (unpaired) electrons. The molecule has 0 saturated heterocycles. The van der Waals surface area contributed by atoms with Crippen molar-refractivity contribution in [2.45, 2.75) is 13.3 Å². The number of nitrogens with zero attached hydrogens (tertiary/aromatic N) is 3. The number of carbonyl (C=O) groups excluding carboxylic acids is 1. The van der Waals surface area contributed by atoms with Crippen molar-refractivity contribution in [2.75, 3.05) is 19.5 Å². The van der Waals surface area contributed by atoms with Gasteiger partial charge in [0.25, 0.3) is 0 Å². The lowest BCUT2D eigenvalue weighted by Gasteiger charge is -2.06. The van der Waals surface area contributed by atoms with E-state index in [2.05, 4.69) is 15.0 Å². The predicted molar refractivity (Wildman–Crippen MR) is 76.0 cm³/mol. The van der Waals surface area contributed by atoms with Crippen LogP contribution in [-0.2, 0) is 11.2 Å². The molecule has 0 bridgehead atoms. The highest BCUT2D eigenvalue weighted by Gasteiger charge is 2.13. The predicted octanol–water partition coefficient (Wildman–Crippen LogP) is 1.23. The van der Waals surface area contributed by atoms with Gasteiger partial charge in [0.2, 0.25) is 5.88 Å². The summed E-state index contributed by atoms with van der Waals surface area (Å²) in [6, 6.07) is 3.62. The van der Waals surface area contributed by atoms with Crippen LogP contribution in [0.1, 0.15) is 28.7 Å². The van der Waals surface area contributed by atoms with Crippen LogP contribution in [0.3, 0.4) is 0 Å². The molecule has 0 aliphatic heterocycles. The third-order valence-corrected chi connectivity index (χ3v) is 2.73. The van der Waals surface area contributed by atoms with Crippen LogP contribution in [0.15, 0.2) is 24.5 Å². The number of methoxy groups -OCH3 is 1. The van der Waals surface area contributed by atoms with E-state index in [0.717, 1.165) is 5.56 Å². The van der Waals surface area contributed by atoms with E-state index >= 15 is 0 Å². The van der Waals surface area contributed by atoms with E-state index in [0.29, 0.717) is 18.1 Å². The minimum absolute atomic E-state index is 0.111. The highest BCUT2D eigenvalue weighted by Crippen LogP contribution is 2.13.